The quantitative estimate of drug-likeness (QED) is 0.659. The molecule has 1 amide bonds. The highest BCUT2D eigenvalue weighted by atomic mass is 16.2. The number of likely N-dealkylation sites (tertiary alicyclic amines) is 1. The highest BCUT2D eigenvalue weighted by molar-refractivity contribution is 5.93. The highest BCUT2D eigenvalue weighted by Gasteiger charge is 2.27. The Bertz CT molecular complexity index is 1180. The fraction of sp³-hybridized carbons (Fsp3) is 0.478. The molecular formula is C23H30N6O2. The Balaban J connectivity index is 1.65. The highest BCUT2D eigenvalue weighted by Crippen LogP contribution is 2.31. The van der Waals surface area contributed by atoms with E-state index in [0.29, 0.717) is 24.3 Å². The van der Waals surface area contributed by atoms with Crippen LogP contribution >= 0.6 is 0 Å². The molecule has 164 valence electrons. The summed E-state index contributed by atoms with van der Waals surface area (Å²) in [6.07, 6.45) is 4.77. The van der Waals surface area contributed by atoms with Crippen LogP contribution in [0.3, 0.4) is 0 Å². The number of aromatic nitrogens is 4. The molecule has 2 aromatic heterocycles. The Hall–Kier alpha value is -3.00. The number of nitrogens with zero attached hydrogens (tertiary/aromatic N) is 5. The maximum atomic E-state index is 12.7. The van der Waals surface area contributed by atoms with E-state index >= 15 is 0 Å². The number of nitrogens with two attached hydrogens (primary N) is 1. The van der Waals surface area contributed by atoms with E-state index < -0.39 is 5.91 Å². The number of imidazole rings is 1. The van der Waals surface area contributed by atoms with Crippen molar-refractivity contribution in [3.63, 3.8) is 0 Å². The predicted octanol–water partition coefficient (Wildman–Crippen LogP) is 2.77. The van der Waals surface area contributed by atoms with Crippen molar-refractivity contribution in [1.82, 2.24) is 24.0 Å². The molecule has 2 N–H and O–H groups in total. The van der Waals surface area contributed by atoms with Crippen LogP contribution in [0.25, 0.3) is 11.0 Å². The van der Waals surface area contributed by atoms with Gasteiger partial charge in [-0.1, -0.05) is 12.5 Å². The minimum atomic E-state index is -0.501. The average molecular weight is 423 g/mol. The third-order valence-corrected chi connectivity index (χ3v) is 6.28. The Morgan fingerprint density at radius 1 is 1.16 bits per heavy atom. The number of benzene rings is 1. The molecule has 8 heteroatoms. The van der Waals surface area contributed by atoms with Gasteiger partial charge < -0.3 is 5.73 Å². The molecule has 1 saturated heterocycles. The molecule has 1 aliphatic heterocycles. The Morgan fingerprint density at radius 3 is 2.58 bits per heavy atom. The summed E-state index contributed by atoms with van der Waals surface area (Å²) in [5.74, 6) is 0.240. The molecule has 1 aliphatic rings. The molecule has 31 heavy (non-hydrogen) atoms. The van der Waals surface area contributed by atoms with Crippen molar-refractivity contribution in [3.8, 4) is 0 Å². The van der Waals surface area contributed by atoms with Crippen LogP contribution in [0.1, 0.15) is 66.6 Å². The van der Waals surface area contributed by atoms with Gasteiger partial charge in [0.15, 0.2) is 0 Å². The monoisotopic (exact) mass is 422 g/mol. The zero-order valence-electron chi connectivity index (χ0n) is 18.5. The number of hydrogen-bond acceptors (Lipinski definition) is 5. The lowest BCUT2D eigenvalue weighted by molar-refractivity contribution is 0.0998. The van der Waals surface area contributed by atoms with Crippen LogP contribution in [0, 0.1) is 6.92 Å². The zero-order valence-corrected chi connectivity index (χ0v) is 18.5. The number of aryl methyl sites for hydroxylation is 3. The molecule has 3 heterocycles. The van der Waals surface area contributed by atoms with Gasteiger partial charge in [0.05, 0.1) is 28.3 Å². The van der Waals surface area contributed by atoms with E-state index in [4.69, 9.17) is 5.73 Å². The van der Waals surface area contributed by atoms with E-state index in [9.17, 15) is 9.59 Å². The van der Waals surface area contributed by atoms with Gasteiger partial charge in [-0.05, 0) is 57.9 Å². The van der Waals surface area contributed by atoms with E-state index in [-0.39, 0.29) is 11.7 Å². The van der Waals surface area contributed by atoms with Gasteiger partial charge in [-0.15, -0.1) is 0 Å². The molecular weight excluding hydrogens is 392 g/mol. The predicted molar refractivity (Wildman–Crippen MR) is 120 cm³/mol. The molecule has 1 atom stereocenters. The van der Waals surface area contributed by atoms with Gasteiger partial charge in [0.2, 0.25) is 0 Å². The number of rotatable bonds is 6. The van der Waals surface area contributed by atoms with Gasteiger partial charge in [-0.25, -0.2) is 14.8 Å². The fourth-order valence-electron chi connectivity index (χ4n) is 4.67. The molecule has 0 bridgehead atoms. The summed E-state index contributed by atoms with van der Waals surface area (Å²) in [5.41, 5.74) is 9.58. The van der Waals surface area contributed by atoms with Gasteiger partial charge in [0.1, 0.15) is 5.82 Å². The molecule has 1 fully saturated rings. The van der Waals surface area contributed by atoms with Crippen molar-refractivity contribution < 1.29 is 4.79 Å². The second-order valence-corrected chi connectivity index (χ2v) is 8.17. The Morgan fingerprint density at radius 2 is 1.90 bits per heavy atom. The summed E-state index contributed by atoms with van der Waals surface area (Å²) >= 11 is 0. The minimum absolute atomic E-state index is 0.0476. The van der Waals surface area contributed by atoms with Gasteiger partial charge in [0.25, 0.3) is 5.91 Å². The lowest BCUT2D eigenvalue weighted by Crippen LogP contribution is -2.34. The zero-order chi connectivity index (χ0) is 22.1. The summed E-state index contributed by atoms with van der Waals surface area (Å²) in [6, 6.07) is 6.41. The van der Waals surface area contributed by atoms with Crippen LogP contribution in [-0.4, -0.2) is 36.5 Å². The summed E-state index contributed by atoms with van der Waals surface area (Å²) in [4.78, 5) is 35.7. The maximum absolute atomic E-state index is 12.7. The van der Waals surface area contributed by atoms with Gasteiger partial charge in [-0.3, -0.25) is 18.8 Å². The molecule has 0 aliphatic carbocycles. The third kappa shape index (κ3) is 3.87. The van der Waals surface area contributed by atoms with Crippen molar-refractivity contribution in [1.29, 1.82) is 0 Å². The number of carbonyl (C=O) groups is 1. The summed E-state index contributed by atoms with van der Waals surface area (Å²) in [6.45, 7) is 8.83. The molecule has 0 unspecified atom stereocenters. The second-order valence-electron chi connectivity index (χ2n) is 8.17. The van der Waals surface area contributed by atoms with Crippen LogP contribution in [0.5, 0.6) is 0 Å². The first-order valence-corrected chi connectivity index (χ1v) is 11.0. The first-order valence-electron chi connectivity index (χ1n) is 11.0. The van der Waals surface area contributed by atoms with Crippen molar-refractivity contribution in [2.45, 2.75) is 65.7 Å². The minimum Gasteiger partial charge on any atom is -0.365 e. The van der Waals surface area contributed by atoms with Gasteiger partial charge in [-0.2, -0.15) is 0 Å². The lowest BCUT2D eigenvalue weighted by Gasteiger charge is -2.34. The average Bonchev–Trinajstić information content (AvgIpc) is 3.03. The molecule has 8 nitrogen and oxygen atoms in total. The van der Waals surface area contributed by atoms with Crippen LogP contribution in [0.2, 0.25) is 0 Å². The van der Waals surface area contributed by atoms with Crippen LogP contribution < -0.4 is 11.4 Å². The van der Waals surface area contributed by atoms with Gasteiger partial charge in [0, 0.05) is 25.8 Å². The normalized spacial score (nSPS) is 17.3. The van der Waals surface area contributed by atoms with Crippen molar-refractivity contribution >= 4 is 16.9 Å². The van der Waals surface area contributed by atoms with Crippen LogP contribution in [0.15, 0.2) is 29.2 Å². The summed E-state index contributed by atoms with van der Waals surface area (Å²) in [5, 5.41) is 0. The van der Waals surface area contributed by atoms with Crippen LogP contribution in [0.4, 0.5) is 0 Å². The van der Waals surface area contributed by atoms with Crippen molar-refractivity contribution in [2.75, 3.05) is 6.54 Å². The van der Waals surface area contributed by atoms with E-state index in [2.05, 4.69) is 33.1 Å². The number of amides is 1. The first-order chi connectivity index (χ1) is 14.9. The Labute approximate surface area is 181 Å². The standard InChI is InChI=1S/C23H30N6O2/c1-4-28-18-10-9-16(12-20(18)29(5-2)23(28)31)14-27-11-7-6-8-19(27)22-25-13-17(21(24)30)15(3)26-22/h9-10,12-13,19H,4-8,11,14H2,1-3H3,(H2,24,30)/t19-/m0/s1. The topological polar surface area (TPSA) is 99.0 Å². The van der Waals surface area contributed by atoms with E-state index in [1.165, 1.54) is 5.56 Å². The van der Waals surface area contributed by atoms with Crippen molar-refractivity contribution in [3.05, 3.63) is 57.5 Å². The molecule has 0 radical (unpaired) electrons. The number of primary amides is 1. The van der Waals surface area contributed by atoms with E-state index in [1.54, 1.807) is 13.1 Å². The molecule has 4 rings (SSSR count). The number of carbonyl (C=O) groups excluding carboxylic acids is 1. The first kappa shape index (κ1) is 21.2. The summed E-state index contributed by atoms with van der Waals surface area (Å²) in [7, 11) is 0. The number of piperidine rings is 1. The maximum Gasteiger partial charge on any atom is 0.329 e. The SMILES string of the molecule is CCn1c(=O)n(CC)c2cc(CN3CCCC[C@H]3c3ncc(C(N)=O)c(C)n3)ccc21. The van der Waals surface area contributed by atoms with Crippen molar-refractivity contribution in [2.24, 2.45) is 5.73 Å². The van der Waals surface area contributed by atoms with Crippen LogP contribution in [-0.2, 0) is 19.6 Å². The van der Waals surface area contributed by atoms with E-state index in [0.717, 1.165) is 49.2 Å². The molecule has 3 aromatic rings. The molecule has 0 saturated carbocycles. The molecule has 1 aromatic carbocycles. The molecule has 0 spiro atoms. The Kier molecular flexibility index (Phi) is 5.91. The summed E-state index contributed by atoms with van der Waals surface area (Å²) < 4.78 is 3.66. The fourth-order valence-corrected chi connectivity index (χ4v) is 4.67. The van der Waals surface area contributed by atoms with E-state index in [1.807, 2.05) is 23.0 Å². The largest absolute Gasteiger partial charge is 0.365 e. The van der Waals surface area contributed by atoms with Gasteiger partial charge >= 0.3 is 5.69 Å². The number of fused-ring (bicyclic) bond motifs is 1. The number of hydrogen-bond donors (Lipinski definition) is 1. The smallest absolute Gasteiger partial charge is 0.329 e. The second kappa shape index (κ2) is 8.63. The third-order valence-electron chi connectivity index (χ3n) is 6.28. The lowest BCUT2D eigenvalue weighted by atomic mass is 10.00.